The SMILES string of the molecule is CN(C)C1(C(N)=O)CCN1N=O. The number of hydrogen-bond acceptors (Lipinski definition) is 4. The molecule has 1 heterocycles. The van der Waals surface area contributed by atoms with Crippen LogP contribution in [0.15, 0.2) is 5.29 Å². The summed E-state index contributed by atoms with van der Waals surface area (Å²) >= 11 is 0. The van der Waals surface area contributed by atoms with E-state index in [1.807, 2.05) is 0 Å². The summed E-state index contributed by atoms with van der Waals surface area (Å²) < 4.78 is 0. The second-order valence-corrected chi connectivity index (χ2v) is 3.03. The molecule has 0 radical (unpaired) electrons. The van der Waals surface area contributed by atoms with E-state index >= 15 is 0 Å². The maximum atomic E-state index is 11.1. The quantitative estimate of drug-likeness (QED) is 0.560. The highest BCUT2D eigenvalue weighted by Gasteiger charge is 2.53. The lowest BCUT2D eigenvalue weighted by Gasteiger charge is -2.49. The highest BCUT2D eigenvalue weighted by molar-refractivity contribution is 5.85. The molecule has 1 saturated heterocycles. The van der Waals surface area contributed by atoms with Crippen LogP contribution in [0.25, 0.3) is 0 Å². The van der Waals surface area contributed by atoms with Crippen LogP contribution in [0.4, 0.5) is 0 Å². The number of rotatable bonds is 3. The third kappa shape index (κ3) is 0.878. The van der Waals surface area contributed by atoms with Gasteiger partial charge < -0.3 is 5.73 Å². The molecular formula is C6H12N4O2. The molecule has 2 N–H and O–H groups in total. The number of carbonyl (C=O) groups excluding carboxylic acids is 1. The van der Waals surface area contributed by atoms with Crippen LogP contribution in [0, 0.1) is 4.91 Å². The minimum atomic E-state index is -0.984. The number of amides is 1. The summed E-state index contributed by atoms with van der Waals surface area (Å²) in [5.41, 5.74) is 4.19. The minimum absolute atomic E-state index is 0.491. The Morgan fingerprint density at radius 3 is 2.33 bits per heavy atom. The van der Waals surface area contributed by atoms with E-state index in [4.69, 9.17) is 5.73 Å². The Morgan fingerprint density at radius 1 is 1.67 bits per heavy atom. The molecule has 1 aliphatic heterocycles. The normalized spacial score (nSPS) is 28.4. The lowest BCUT2D eigenvalue weighted by atomic mass is 9.95. The van der Waals surface area contributed by atoms with E-state index in [1.165, 1.54) is 0 Å². The van der Waals surface area contributed by atoms with Crippen molar-refractivity contribution in [3.8, 4) is 0 Å². The van der Waals surface area contributed by atoms with Gasteiger partial charge in [0, 0.05) is 13.0 Å². The molecule has 1 fully saturated rings. The molecule has 0 aromatic carbocycles. The third-order valence-corrected chi connectivity index (χ3v) is 2.33. The number of likely N-dealkylation sites (N-methyl/N-ethyl adjacent to an activating group) is 1. The molecule has 1 atom stereocenters. The molecule has 6 nitrogen and oxygen atoms in total. The van der Waals surface area contributed by atoms with Crippen molar-refractivity contribution in [1.29, 1.82) is 0 Å². The maximum Gasteiger partial charge on any atom is 0.260 e. The largest absolute Gasteiger partial charge is 0.366 e. The first-order chi connectivity index (χ1) is 5.55. The number of primary amides is 1. The summed E-state index contributed by atoms with van der Waals surface area (Å²) in [6.07, 6.45) is 0.557. The van der Waals surface area contributed by atoms with E-state index in [0.29, 0.717) is 13.0 Å². The lowest BCUT2D eigenvalue weighted by Crippen LogP contribution is -2.71. The van der Waals surface area contributed by atoms with Gasteiger partial charge in [-0.2, -0.15) is 0 Å². The van der Waals surface area contributed by atoms with Crippen LogP contribution in [-0.2, 0) is 4.79 Å². The summed E-state index contributed by atoms with van der Waals surface area (Å²) in [5, 5.41) is 3.89. The molecule has 1 amide bonds. The monoisotopic (exact) mass is 172 g/mol. The number of nitrogens with zero attached hydrogens (tertiary/aromatic N) is 3. The van der Waals surface area contributed by atoms with Crippen molar-refractivity contribution in [3.63, 3.8) is 0 Å². The lowest BCUT2D eigenvalue weighted by molar-refractivity contribution is -0.161. The fourth-order valence-electron chi connectivity index (χ4n) is 1.46. The predicted molar refractivity (Wildman–Crippen MR) is 42.7 cm³/mol. The van der Waals surface area contributed by atoms with Gasteiger partial charge in [-0.15, -0.1) is 4.91 Å². The van der Waals surface area contributed by atoms with Crippen molar-refractivity contribution in [2.75, 3.05) is 20.6 Å². The standard InChI is InChI=1S/C6H12N4O2/c1-9(2)6(5(7)11)3-4-10(6)8-12/h3-4H2,1-2H3,(H2,7,11). The maximum absolute atomic E-state index is 11.1. The summed E-state index contributed by atoms with van der Waals surface area (Å²) in [4.78, 5) is 22.9. The van der Waals surface area contributed by atoms with E-state index in [9.17, 15) is 9.70 Å². The highest BCUT2D eigenvalue weighted by atomic mass is 16.3. The van der Waals surface area contributed by atoms with E-state index < -0.39 is 11.6 Å². The average molecular weight is 172 g/mol. The van der Waals surface area contributed by atoms with Crippen LogP contribution in [0.5, 0.6) is 0 Å². The van der Waals surface area contributed by atoms with Gasteiger partial charge >= 0.3 is 0 Å². The zero-order chi connectivity index (χ0) is 9.35. The van der Waals surface area contributed by atoms with Crippen molar-refractivity contribution in [2.24, 2.45) is 11.0 Å². The van der Waals surface area contributed by atoms with Crippen molar-refractivity contribution in [1.82, 2.24) is 9.91 Å². The second kappa shape index (κ2) is 2.71. The Hall–Kier alpha value is -1.17. The van der Waals surface area contributed by atoms with Gasteiger partial charge in [0.1, 0.15) is 0 Å². The average Bonchev–Trinajstić information content (AvgIpc) is 1.84. The van der Waals surface area contributed by atoms with Gasteiger partial charge in [-0.25, -0.2) is 5.01 Å². The van der Waals surface area contributed by atoms with E-state index in [2.05, 4.69) is 5.29 Å². The molecule has 0 aliphatic carbocycles. The topological polar surface area (TPSA) is 79.0 Å². The molecule has 6 heteroatoms. The predicted octanol–water partition coefficient (Wildman–Crippen LogP) is -0.883. The number of hydrogen-bond donors (Lipinski definition) is 1. The van der Waals surface area contributed by atoms with Crippen LogP contribution in [0.3, 0.4) is 0 Å². The Bertz CT molecular complexity index is 218. The first-order valence-corrected chi connectivity index (χ1v) is 3.64. The van der Waals surface area contributed by atoms with Gasteiger partial charge in [0.15, 0.2) is 5.66 Å². The summed E-state index contributed by atoms with van der Waals surface area (Å²) in [6.45, 7) is 0.491. The summed E-state index contributed by atoms with van der Waals surface area (Å²) in [6, 6.07) is 0. The Balaban J connectivity index is 2.88. The smallest absolute Gasteiger partial charge is 0.260 e. The molecule has 0 spiro atoms. The summed E-state index contributed by atoms with van der Waals surface area (Å²) in [7, 11) is 3.39. The number of nitroso groups, excluding NO2 is 1. The molecule has 0 saturated carbocycles. The van der Waals surface area contributed by atoms with Crippen LogP contribution in [-0.4, -0.2) is 42.1 Å². The van der Waals surface area contributed by atoms with Crippen LogP contribution in [0.1, 0.15) is 6.42 Å². The van der Waals surface area contributed by atoms with Gasteiger partial charge in [0.05, 0.1) is 5.29 Å². The Kier molecular flexibility index (Phi) is 2.01. The number of nitrogens with two attached hydrogens (primary N) is 1. The van der Waals surface area contributed by atoms with E-state index in [1.54, 1.807) is 19.0 Å². The van der Waals surface area contributed by atoms with Crippen LogP contribution < -0.4 is 5.73 Å². The van der Waals surface area contributed by atoms with Crippen molar-refractivity contribution < 1.29 is 4.79 Å². The van der Waals surface area contributed by atoms with E-state index in [-0.39, 0.29) is 0 Å². The zero-order valence-corrected chi connectivity index (χ0v) is 7.15. The van der Waals surface area contributed by atoms with Gasteiger partial charge in [-0.3, -0.25) is 9.69 Å². The zero-order valence-electron chi connectivity index (χ0n) is 7.15. The first-order valence-electron chi connectivity index (χ1n) is 3.64. The molecule has 1 rings (SSSR count). The Labute approximate surface area is 70.2 Å². The van der Waals surface area contributed by atoms with Crippen molar-refractivity contribution >= 4 is 5.91 Å². The molecular weight excluding hydrogens is 160 g/mol. The fourth-order valence-corrected chi connectivity index (χ4v) is 1.46. The van der Waals surface area contributed by atoms with Crippen molar-refractivity contribution in [3.05, 3.63) is 4.91 Å². The summed E-state index contributed by atoms with van der Waals surface area (Å²) in [5.74, 6) is -0.529. The second-order valence-electron chi connectivity index (χ2n) is 3.03. The van der Waals surface area contributed by atoms with E-state index in [0.717, 1.165) is 5.01 Å². The van der Waals surface area contributed by atoms with Gasteiger partial charge in [0.25, 0.3) is 5.91 Å². The van der Waals surface area contributed by atoms with Gasteiger partial charge in [-0.05, 0) is 14.1 Å². The molecule has 1 unspecified atom stereocenters. The van der Waals surface area contributed by atoms with Crippen LogP contribution >= 0.6 is 0 Å². The minimum Gasteiger partial charge on any atom is -0.366 e. The number of carbonyl (C=O) groups is 1. The van der Waals surface area contributed by atoms with Gasteiger partial charge in [-0.1, -0.05) is 0 Å². The third-order valence-electron chi connectivity index (χ3n) is 2.33. The molecule has 0 bridgehead atoms. The molecule has 12 heavy (non-hydrogen) atoms. The molecule has 0 aromatic rings. The molecule has 1 aliphatic rings. The first kappa shape index (κ1) is 8.92. The van der Waals surface area contributed by atoms with Crippen LogP contribution in [0.2, 0.25) is 0 Å². The van der Waals surface area contributed by atoms with Gasteiger partial charge in [0.2, 0.25) is 0 Å². The molecule has 0 aromatic heterocycles. The molecule has 68 valence electrons. The van der Waals surface area contributed by atoms with Crippen molar-refractivity contribution in [2.45, 2.75) is 12.1 Å². The fraction of sp³-hybridized carbons (Fsp3) is 0.833. The Morgan fingerprint density at radius 2 is 2.25 bits per heavy atom. The highest BCUT2D eigenvalue weighted by Crippen LogP contribution is 2.32.